The number of carbonyl (C=O) groups is 2. The number of anilines is 2. The van der Waals surface area contributed by atoms with E-state index in [1.54, 1.807) is 24.3 Å². The van der Waals surface area contributed by atoms with E-state index in [2.05, 4.69) is 24.5 Å². The molecule has 2 aromatic carbocycles. The number of hydrogen-bond donors (Lipinski definition) is 2. The molecule has 2 amide bonds. The topological polar surface area (TPSA) is 67.4 Å². The third-order valence-corrected chi connectivity index (χ3v) is 3.92. The highest BCUT2D eigenvalue weighted by Crippen LogP contribution is 2.21. The summed E-state index contributed by atoms with van der Waals surface area (Å²) in [6.07, 6.45) is 1.09. The van der Waals surface area contributed by atoms with E-state index >= 15 is 0 Å². The van der Waals surface area contributed by atoms with Crippen LogP contribution in [-0.4, -0.2) is 18.4 Å². The average molecular weight is 340 g/mol. The van der Waals surface area contributed by atoms with E-state index in [-0.39, 0.29) is 18.4 Å². The first-order chi connectivity index (χ1) is 12.0. The summed E-state index contributed by atoms with van der Waals surface area (Å²) in [5.74, 6) is 0.809. The van der Waals surface area contributed by atoms with Crippen LogP contribution in [0.5, 0.6) is 5.75 Å². The molecule has 0 bridgehead atoms. The van der Waals surface area contributed by atoms with Gasteiger partial charge in [-0.05, 0) is 54.3 Å². The van der Waals surface area contributed by atoms with Gasteiger partial charge in [-0.1, -0.05) is 26.0 Å². The first-order valence-corrected chi connectivity index (χ1v) is 8.38. The maximum Gasteiger partial charge on any atom is 0.262 e. The molecule has 0 aliphatic heterocycles. The SMILES string of the molecule is CC[C@H](C)c1ccc(OCC(=O)Nc2ccc(NC(C)=O)cc2)cc1. The van der Waals surface area contributed by atoms with E-state index in [4.69, 9.17) is 4.74 Å². The van der Waals surface area contributed by atoms with Gasteiger partial charge < -0.3 is 15.4 Å². The quantitative estimate of drug-likeness (QED) is 0.795. The van der Waals surface area contributed by atoms with Gasteiger partial charge in [-0.15, -0.1) is 0 Å². The molecule has 5 nitrogen and oxygen atoms in total. The van der Waals surface area contributed by atoms with Crippen molar-refractivity contribution in [3.63, 3.8) is 0 Å². The second kappa shape index (κ2) is 8.87. The Balaban J connectivity index is 1.83. The molecule has 1 atom stereocenters. The summed E-state index contributed by atoms with van der Waals surface area (Å²) >= 11 is 0. The molecule has 2 N–H and O–H groups in total. The zero-order chi connectivity index (χ0) is 18.2. The Labute approximate surface area is 148 Å². The lowest BCUT2D eigenvalue weighted by molar-refractivity contribution is -0.118. The molecule has 2 rings (SSSR count). The van der Waals surface area contributed by atoms with Gasteiger partial charge in [-0.25, -0.2) is 0 Å². The number of hydrogen-bond acceptors (Lipinski definition) is 3. The van der Waals surface area contributed by atoms with Crippen molar-refractivity contribution >= 4 is 23.2 Å². The van der Waals surface area contributed by atoms with Gasteiger partial charge in [0.2, 0.25) is 5.91 Å². The summed E-state index contributed by atoms with van der Waals surface area (Å²) in [6.45, 7) is 5.72. The Kier molecular flexibility index (Phi) is 6.57. The molecule has 0 radical (unpaired) electrons. The molecule has 0 saturated heterocycles. The van der Waals surface area contributed by atoms with Crippen LogP contribution in [0.3, 0.4) is 0 Å². The zero-order valence-electron chi connectivity index (χ0n) is 14.8. The molecule has 0 aromatic heterocycles. The molecule has 0 spiro atoms. The van der Waals surface area contributed by atoms with Gasteiger partial charge in [0.1, 0.15) is 5.75 Å². The predicted octanol–water partition coefficient (Wildman–Crippen LogP) is 4.18. The van der Waals surface area contributed by atoms with Crippen molar-refractivity contribution in [2.75, 3.05) is 17.2 Å². The van der Waals surface area contributed by atoms with Crippen molar-refractivity contribution in [3.8, 4) is 5.75 Å². The number of ether oxygens (including phenoxy) is 1. The lowest BCUT2D eigenvalue weighted by Crippen LogP contribution is -2.20. The van der Waals surface area contributed by atoms with Crippen LogP contribution in [-0.2, 0) is 9.59 Å². The fourth-order valence-corrected chi connectivity index (χ4v) is 2.31. The molecular weight excluding hydrogens is 316 g/mol. The molecule has 0 heterocycles. The van der Waals surface area contributed by atoms with E-state index in [0.717, 1.165) is 6.42 Å². The Hall–Kier alpha value is -2.82. The maximum atomic E-state index is 12.0. The van der Waals surface area contributed by atoms with Crippen molar-refractivity contribution in [2.24, 2.45) is 0 Å². The number of benzene rings is 2. The molecule has 0 unspecified atom stereocenters. The van der Waals surface area contributed by atoms with Crippen LogP contribution in [0.2, 0.25) is 0 Å². The Morgan fingerprint density at radius 2 is 1.52 bits per heavy atom. The summed E-state index contributed by atoms with van der Waals surface area (Å²) in [5.41, 5.74) is 2.59. The van der Waals surface area contributed by atoms with Gasteiger partial charge in [-0.3, -0.25) is 9.59 Å². The minimum atomic E-state index is -0.238. The average Bonchev–Trinajstić information content (AvgIpc) is 2.61. The number of nitrogens with one attached hydrogen (secondary N) is 2. The predicted molar refractivity (Wildman–Crippen MR) is 100 cm³/mol. The first kappa shape index (κ1) is 18.5. The Morgan fingerprint density at radius 3 is 2.04 bits per heavy atom. The second-order valence-electron chi connectivity index (χ2n) is 5.97. The van der Waals surface area contributed by atoms with E-state index < -0.39 is 0 Å². The van der Waals surface area contributed by atoms with Gasteiger partial charge in [0, 0.05) is 18.3 Å². The minimum absolute atomic E-state index is 0.0594. The van der Waals surface area contributed by atoms with Gasteiger partial charge in [0.25, 0.3) is 5.91 Å². The van der Waals surface area contributed by atoms with Crippen LogP contribution in [0.1, 0.15) is 38.7 Å². The smallest absolute Gasteiger partial charge is 0.262 e. The highest BCUT2D eigenvalue weighted by molar-refractivity contribution is 5.93. The van der Waals surface area contributed by atoms with Crippen molar-refractivity contribution in [1.82, 2.24) is 0 Å². The summed E-state index contributed by atoms with van der Waals surface area (Å²) in [4.78, 5) is 22.9. The van der Waals surface area contributed by atoms with Crippen LogP contribution in [0.25, 0.3) is 0 Å². The monoisotopic (exact) mass is 340 g/mol. The fourth-order valence-electron chi connectivity index (χ4n) is 2.31. The third kappa shape index (κ3) is 5.95. The van der Waals surface area contributed by atoms with Crippen LogP contribution in [0, 0.1) is 0 Å². The largest absolute Gasteiger partial charge is 0.484 e. The van der Waals surface area contributed by atoms with Gasteiger partial charge >= 0.3 is 0 Å². The standard InChI is InChI=1S/C20H24N2O3/c1-4-14(2)16-5-11-19(12-6-16)25-13-20(24)22-18-9-7-17(8-10-18)21-15(3)23/h5-12,14H,4,13H2,1-3H3,(H,21,23)(H,22,24)/t14-/m0/s1. The molecule has 0 saturated carbocycles. The molecular formula is C20H24N2O3. The molecule has 5 heteroatoms. The number of carbonyl (C=O) groups excluding carboxylic acids is 2. The second-order valence-corrected chi connectivity index (χ2v) is 5.97. The van der Waals surface area contributed by atoms with Gasteiger partial charge in [0.15, 0.2) is 6.61 Å². The first-order valence-electron chi connectivity index (χ1n) is 8.38. The molecule has 25 heavy (non-hydrogen) atoms. The lowest BCUT2D eigenvalue weighted by atomic mass is 9.99. The van der Waals surface area contributed by atoms with E-state index in [0.29, 0.717) is 23.0 Å². The summed E-state index contributed by atoms with van der Waals surface area (Å²) in [5, 5.41) is 5.43. The lowest BCUT2D eigenvalue weighted by Gasteiger charge is -2.11. The van der Waals surface area contributed by atoms with Crippen LogP contribution in [0.15, 0.2) is 48.5 Å². The molecule has 0 aliphatic carbocycles. The third-order valence-electron chi connectivity index (χ3n) is 3.92. The molecule has 2 aromatic rings. The molecule has 132 valence electrons. The minimum Gasteiger partial charge on any atom is -0.484 e. The van der Waals surface area contributed by atoms with Crippen LogP contribution in [0.4, 0.5) is 11.4 Å². The van der Waals surface area contributed by atoms with Gasteiger partial charge in [0.05, 0.1) is 0 Å². The molecule has 0 fully saturated rings. The van der Waals surface area contributed by atoms with Crippen molar-refractivity contribution in [3.05, 3.63) is 54.1 Å². The van der Waals surface area contributed by atoms with E-state index in [1.165, 1.54) is 12.5 Å². The van der Waals surface area contributed by atoms with Crippen LogP contribution < -0.4 is 15.4 Å². The van der Waals surface area contributed by atoms with Crippen LogP contribution >= 0.6 is 0 Å². The van der Waals surface area contributed by atoms with E-state index in [1.807, 2.05) is 24.3 Å². The number of amides is 2. The van der Waals surface area contributed by atoms with Gasteiger partial charge in [-0.2, -0.15) is 0 Å². The zero-order valence-corrected chi connectivity index (χ0v) is 14.8. The summed E-state index contributed by atoms with van der Waals surface area (Å²) in [6, 6.07) is 14.7. The summed E-state index contributed by atoms with van der Waals surface area (Å²) < 4.78 is 5.52. The normalized spacial score (nSPS) is 11.5. The van der Waals surface area contributed by atoms with Crippen molar-refractivity contribution < 1.29 is 14.3 Å². The highest BCUT2D eigenvalue weighted by Gasteiger charge is 2.06. The van der Waals surface area contributed by atoms with Crippen molar-refractivity contribution in [2.45, 2.75) is 33.1 Å². The summed E-state index contributed by atoms with van der Waals surface area (Å²) in [7, 11) is 0. The number of rotatable bonds is 7. The fraction of sp³-hybridized carbons (Fsp3) is 0.300. The maximum absolute atomic E-state index is 12.0. The van der Waals surface area contributed by atoms with E-state index in [9.17, 15) is 9.59 Å². The Bertz CT molecular complexity index is 709. The Morgan fingerprint density at radius 1 is 0.960 bits per heavy atom. The van der Waals surface area contributed by atoms with Crippen molar-refractivity contribution in [1.29, 1.82) is 0 Å². The molecule has 0 aliphatic rings. The highest BCUT2D eigenvalue weighted by atomic mass is 16.5.